The minimum absolute atomic E-state index is 0.0152. The topological polar surface area (TPSA) is 24.1 Å². The van der Waals surface area contributed by atoms with Gasteiger partial charge in [-0.15, -0.1) is 0 Å². The maximum Gasteiger partial charge on any atom is 0.416 e. The van der Waals surface area contributed by atoms with Crippen LogP contribution in [0.3, 0.4) is 0 Å². The minimum Gasteiger partial charge on any atom is -0.299 e. The van der Waals surface area contributed by atoms with Crippen LogP contribution in [0.1, 0.15) is 11.1 Å². The van der Waals surface area contributed by atoms with Crippen molar-refractivity contribution < 1.29 is 26.3 Å². The van der Waals surface area contributed by atoms with Crippen molar-refractivity contribution in [2.75, 3.05) is 10.9 Å². The van der Waals surface area contributed by atoms with Crippen LogP contribution in [0.2, 0.25) is 10.0 Å². The Hall–Kier alpha value is -1.80. The van der Waals surface area contributed by atoms with E-state index in [-0.39, 0.29) is 21.4 Å². The van der Waals surface area contributed by atoms with E-state index in [0.717, 1.165) is 30.3 Å². The van der Waals surface area contributed by atoms with Gasteiger partial charge < -0.3 is 0 Å². The van der Waals surface area contributed by atoms with Crippen LogP contribution in [0.15, 0.2) is 36.4 Å². The molecule has 0 aromatic heterocycles. The van der Waals surface area contributed by atoms with Gasteiger partial charge >= 0.3 is 12.4 Å². The normalized spacial score (nSPS) is 12.2. The lowest BCUT2D eigenvalue weighted by Crippen LogP contribution is -2.12. The highest BCUT2D eigenvalue weighted by molar-refractivity contribution is 6.34. The lowest BCUT2D eigenvalue weighted by atomic mass is 10.2. The van der Waals surface area contributed by atoms with E-state index in [1.807, 2.05) is 0 Å². The molecule has 0 aliphatic rings. The Bertz CT molecular complexity index is 743. The highest BCUT2D eigenvalue weighted by Gasteiger charge is 2.32. The molecule has 2 nitrogen and oxygen atoms in total. The van der Waals surface area contributed by atoms with E-state index in [2.05, 4.69) is 10.9 Å². The van der Waals surface area contributed by atoms with Gasteiger partial charge in [-0.25, -0.2) is 0 Å². The van der Waals surface area contributed by atoms with Crippen LogP contribution in [0, 0.1) is 0 Å². The summed E-state index contributed by atoms with van der Waals surface area (Å²) in [5, 5.41) is -0.279. The van der Waals surface area contributed by atoms with E-state index in [1.165, 1.54) is 0 Å². The Balaban J connectivity index is 2.20. The van der Waals surface area contributed by atoms with Gasteiger partial charge in [-0.3, -0.25) is 10.9 Å². The average molecular weight is 389 g/mol. The molecular formula is C14H8Cl2F6N2. The maximum atomic E-state index is 12.7. The molecule has 0 saturated heterocycles. The van der Waals surface area contributed by atoms with Gasteiger partial charge in [-0.1, -0.05) is 23.2 Å². The van der Waals surface area contributed by atoms with E-state index in [0.29, 0.717) is 6.07 Å². The molecule has 0 radical (unpaired) electrons. The largest absolute Gasteiger partial charge is 0.416 e. The molecule has 0 atom stereocenters. The molecule has 0 bridgehead atoms. The third kappa shape index (κ3) is 4.39. The monoisotopic (exact) mass is 388 g/mol. The second kappa shape index (κ2) is 6.60. The van der Waals surface area contributed by atoms with Crippen molar-refractivity contribution in [3.05, 3.63) is 57.6 Å². The predicted octanol–water partition coefficient (Wildman–Crippen LogP) is 6.47. The van der Waals surface area contributed by atoms with Gasteiger partial charge in [0.25, 0.3) is 0 Å². The molecule has 10 heteroatoms. The lowest BCUT2D eigenvalue weighted by Gasteiger charge is -2.15. The summed E-state index contributed by atoms with van der Waals surface area (Å²) in [7, 11) is 0. The van der Waals surface area contributed by atoms with Gasteiger partial charge in [-0.2, -0.15) is 26.3 Å². The number of benzene rings is 2. The smallest absolute Gasteiger partial charge is 0.299 e. The third-order valence-corrected chi connectivity index (χ3v) is 3.56. The third-order valence-electron chi connectivity index (χ3n) is 2.92. The first-order valence-electron chi connectivity index (χ1n) is 6.24. The van der Waals surface area contributed by atoms with E-state index in [4.69, 9.17) is 23.2 Å². The first-order valence-corrected chi connectivity index (χ1v) is 6.99. The van der Waals surface area contributed by atoms with Crippen molar-refractivity contribution in [1.29, 1.82) is 0 Å². The number of hydrogen-bond donors (Lipinski definition) is 2. The quantitative estimate of drug-likeness (QED) is 0.465. The summed E-state index contributed by atoms with van der Waals surface area (Å²) in [6.07, 6.45) is -9.12. The van der Waals surface area contributed by atoms with Crippen molar-refractivity contribution in [3.63, 3.8) is 0 Å². The number of alkyl halides is 6. The molecule has 0 unspecified atom stereocenters. The molecule has 130 valence electrons. The Labute approximate surface area is 142 Å². The van der Waals surface area contributed by atoms with Crippen molar-refractivity contribution in [2.24, 2.45) is 0 Å². The van der Waals surface area contributed by atoms with E-state index in [9.17, 15) is 26.3 Å². The summed E-state index contributed by atoms with van der Waals surface area (Å²) >= 11 is 11.5. The minimum atomic E-state index is -4.56. The Morgan fingerprint density at radius 2 is 1.12 bits per heavy atom. The molecule has 0 aliphatic carbocycles. The molecule has 0 aliphatic heterocycles. The van der Waals surface area contributed by atoms with E-state index >= 15 is 0 Å². The second-order valence-corrected chi connectivity index (χ2v) is 5.45. The summed E-state index contributed by atoms with van der Waals surface area (Å²) < 4.78 is 75.6. The van der Waals surface area contributed by atoms with Crippen LogP contribution in [0.4, 0.5) is 37.7 Å². The number of hydrazine groups is 1. The van der Waals surface area contributed by atoms with Gasteiger partial charge in [0.15, 0.2) is 0 Å². The predicted molar refractivity (Wildman–Crippen MR) is 80.2 cm³/mol. The Morgan fingerprint density at radius 1 is 0.625 bits per heavy atom. The zero-order chi connectivity index (χ0) is 18.1. The first kappa shape index (κ1) is 18.5. The fourth-order valence-corrected chi connectivity index (χ4v) is 2.12. The molecule has 2 aromatic carbocycles. The molecule has 2 N–H and O–H groups in total. The summed E-state index contributed by atoms with van der Waals surface area (Å²) in [5.74, 6) is 0. The molecular weight excluding hydrogens is 381 g/mol. The molecule has 2 aromatic rings. The standard InChI is InChI=1S/C14H8Cl2F6N2/c15-9-3-1-8(14(20,21)22)6-12(9)24-23-11-4-2-7(5-10(11)16)13(17,18)19/h1-6,23-24H. The highest BCUT2D eigenvalue weighted by Crippen LogP contribution is 2.35. The number of anilines is 2. The van der Waals surface area contributed by atoms with Gasteiger partial charge in [0.1, 0.15) is 0 Å². The van der Waals surface area contributed by atoms with Crippen LogP contribution in [0.5, 0.6) is 0 Å². The van der Waals surface area contributed by atoms with Crippen LogP contribution >= 0.6 is 23.2 Å². The zero-order valence-electron chi connectivity index (χ0n) is 11.5. The van der Waals surface area contributed by atoms with Gasteiger partial charge in [-0.05, 0) is 36.4 Å². The van der Waals surface area contributed by atoms with Crippen LogP contribution in [-0.2, 0) is 12.4 Å². The molecule has 24 heavy (non-hydrogen) atoms. The Morgan fingerprint density at radius 3 is 1.67 bits per heavy atom. The summed E-state index contributed by atoms with van der Waals surface area (Å²) in [5.41, 5.74) is 2.87. The fourth-order valence-electron chi connectivity index (χ4n) is 1.72. The number of rotatable bonds is 3. The highest BCUT2D eigenvalue weighted by atomic mass is 35.5. The average Bonchev–Trinajstić information content (AvgIpc) is 2.45. The number of halogens is 8. The second-order valence-electron chi connectivity index (χ2n) is 4.63. The molecule has 0 heterocycles. The van der Waals surface area contributed by atoms with Gasteiger partial charge in [0, 0.05) is 0 Å². The number of nitrogens with one attached hydrogen (secondary N) is 2. The molecule has 0 saturated carbocycles. The fraction of sp³-hybridized carbons (Fsp3) is 0.143. The van der Waals surface area contributed by atoms with Crippen molar-refractivity contribution in [3.8, 4) is 0 Å². The van der Waals surface area contributed by atoms with Gasteiger partial charge in [0.2, 0.25) is 0 Å². The van der Waals surface area contributed by atoms with Crippen LogP contribution in [0.25, 0.3) is 0 Å². The van der Waals surface area contributed by atoms with Crippen molar-refractivity contribution >= 4 is 34.6 Å². The maximum absolute atomic E-state index is 12.7. The molecule has 0 spiro atoms. The molecule has 0 fully saturated rings. The molecule has 0 amide bonds. The van der Waals surface area contributed by atoms with Crippen LogP contribution < -0.4 is 10.9 Å². The number of hydrogen-bond acceptors (Lipinski definition) is 2. The zero-order valence-corrected chi connectivity index (χ0v) is 13.0. The first-order chi connectivity index (χ1) is 11.0. The van der Waals surface area contributed by atoms with E-state index < -0.39 is 23.5 Å². The lowest BCUT2D eigenvalue weighted by molar-refractivity contribution is -0.138. The molecule has 2 rings (SSSR count). The van der Waals surface area contributed by atoms with Crippen LogP contribution in [-0.4, -0.2) is 0 Å². The SMILES string of the molecule is FC(F)(F)c1ccc(NNc2cc(C(F)(F)F)ccc2Cl)c(Cl)c1. The van der Waals surface area contributed by atoms with Crippen molar-refractivity contribution in [2.45, 2.75) is 12.4 Å². The summed E-state index contributed by atoms with van der Waals surface area (Å²) in [4.78, 5) is 0. The summed E-state index contributed by atoms with van der Waals surface area (Å²) in [6, 6.07) is 5.12. The summed E-state index contributed by atoms with van der Waals surface area (Å²) in [6.45, 7) is 0. The van der Waals surface area contributed by atoms with Crippen molar-refractivity contribution in [1.82, 2.24) is 0 Å². The Kier molecular flexibility index (Phi) is 5.10. The van der Waals surface area contributed by atoms with Gasteiger partial charge in [0.05, 0.1) is 32.5 Å². The van der Waals surface area contributed by atoms with E-state index in [1.54, 1.807) is 0 Å².